The van der Waals surface area contributed by atoms with Gasteiger partial charge in [0, 0.05) is 45.9 Å². The van der Waals surface area contributed by atoms with E-state index in [1.165, 1.54) is 50.1 Å². The molecule has 0 N–H and O–H groups in total. The number of aromatic nitrogens is 2. The SMILES string of the molecule is CC(C)(C)c1ccc(-c2cnc(-n3c4ccccc4c4ccc(Oc5cccc(N6CN(c7cc(C(C)(C)C)ccc7-c7ccccc7)c7ccccc76)c5)cc43)cc2C(C)(C)C)cc1. The van der Waals surface area contributed by atoms with Crippen molar-refractivity contribution < 1.29 is 4.74 Å². The smallest absolute Gasteiger partial charge is 0.137 e. The van der Waals surface area contributed by atoms with Crippen molar-refractivity contribution in [3.63, 3.8) is 0 Å². The van der Waals surface area contributed by atoms with E-state index < -0.39 is 0 Å². The summed E-state index contributed by atoms with van der Waals surface area (Å²) < 4.78 is 9.11. The largest absolute Gasteiger partial charge is 0.457 e. The normalized spacial score (nSPS) is 13.2. The number of para-hydroxylation sites is 3. The van der Waals surface area contributed by atoms with Crippen LogP contribution in [0.4, 0.5) is 22.7 Å². The molecule has 0 saturated carbocycles. The molecule has 0 atom stereocenters. The first kappa shape index (κ1) is 41.9. The van der Waals surface area contributed by atoms with Gasteiger partial charge in [0.25, 0.3) is 0 Å². The van der Waals surface area contributed by atoms with Crippen molar-refractivity contribution >= 4 is 44.6 Å². The van der Waals surface area contributed by atoms with Crippen LogP contribution in [0.15, 0.2) is 176 Å². The topological polar surface area (TPSA) is 33.5 Å². The van der Waals surface area contributed by atoms with Gasteiger partial charge in [0.2, 0.25) is 0 Å². The lowest BCUT2D eigenvalue weighted by atomic mass is 9.81. The minimum atomic E-state index is -0.124. The molecule has 3 heterocycles. The first-order valence-corrected chi connectivity index (χ1v) is 22.9. The van der Waals surface area contributed by atoms with E-state index in [1.54, 1.807) is 0 Å². The lowest BCUT2D eigenvalue weighted by Crippen LogP contribution is -2.25. The van der Waals surface area contributed by atoms with Crippen molar-refractivity contribution in [1.82, 2.24) is 9.55 Å². The van der Waals surface area contributed by atoms with E-state index in [4.69, 9.17) is 9.72 Å². The molecule has 10 rings (SSSR count). The maximum absolute atomic E-state index is 6.82. The Morgan fingerprint density at radius 3 is 1.80 bits per heavy atom. The molecule has 65 heavy (non-hydrogen) atoms. The highest BCUT2D eigenvalue weighted by Crippen LogP contribution is 2.48. The molecule has 324 valence electrons. The van der Waals surface area contributed by atoms with Crippen LogP contribution in [-0.4, -0.2) is 16.2 Å². The van der Waals surface area contributed by atoms with Crippen LogP contribution in [0.1, 0.15) is 79.0 Å². The molecule has 5 heteroatoms. The number of hydrogen-bond donors (Lipinski definition) is 0. The van der Waals surface area contributed by atoms with E-state index in [0.29, 0.717) is 6.67 Å². The van der Waals surface area contributed by atoms with Crippen LogP contribution in [0.5, 0.6) is 11.5 Å². The number of rotatable bonds is 7. The Labute approximate surface area is 384 Å². The number of benzene rings is 7. The fraction of sp³-hybridized carbons (Fsp3) is 0.217. The fourth-order valence-electron chi connectivity index (χ4n) is 9.40. The summed E-state index contributed by atoms with van der Waals surface area (Å²) in [6.07, 6.45) is 2.07. The Hall–Kier alpha value is -7.11. The summed E-state index contributed by atoms with van der Waals surface area (Å²) in [6.45, 7) is 21.1. The van der Waals surface area contributed by atoms with Crippen LogP contribution in [0.3, 0.4) is 0 Å². The highest BCUT2D eigenvalue weighted by molar-refractivity contribution is 6.09. The summed E-state index contributed by atoms with van der Waals surface area (Å²) >= 11 is 0. The standard InChI is InChI=1S/C60H58N4O/c1-58(2,3)42-28-26-41(27-29-42)50-38-61-57(37-51(50)60(7,8)9)64-52-23-14-13-22-48(52)49-33-31-46(36-56(49)64)65-45-21-17-20-44(35-45)62-39-63(54-25-16-15-24-53(54)62)55-34-43(59(4,5)6)30-32-47(55)40-18-11-10-12-19-40/h10-38H,39H2,1-9H3. The molecule has 0 spiro atoms. The Kier molecular flexibility index (Phi) is 10.2. The number of pyridine rings is 1. The molecule has 0 aliphatic carbocycles. The molecule has 1 aliphatic heterocycles. The number of nitrogens with zero attached hydrogens (tertiary/aromatic N) is 4. The third-order valence-corrected chi connectivity index (χ3v) is 13.0. The predicted octanol–water partition coefficient (Wildman–Crippen LogP) is 16.4. The van der Waals surface area contributed by atoms with E-state index in [2.05, 4.69) is 247 Å². The summed E-state index contributed by atoms with van der Waals surface area (Å²) in [7, 11) is 0. The minimum Gasteiger partial charge on any atom is -0.457 e. The monoisotopic (exact) mass is 850 g/mol. The second kappa shape index (κ2) is 15.8. The lowest BCUT2D eigenvalue weighted by Gasteiger charge is -2.27. The maximum Gasteiger partial charge on any atom is 0.137 e. The molecule has 1 aliphatic rings. The molecule has 9 aromatic rings. The highest BCUT2D eigenvalue weighted by Gasteiger charge is 2.31. The van der Waals surface area contributed by atoms with Gasteiger partial charge < -0.3 is 14.5 Å². The molecule has 0 saturated heterocycles. The summed E-state index contributed by atoms with van der Waals surface area (Å²) in [5.74, 6) is 2.42. The number of ether oxygens (including phenoxy) is 1. The molecule has 7 aromatic carbocycles. The summed E-state index contributed by atoms with van der Waals surface area (Å²) in [5.41, 5.74) is 15.3. The van der Waals surface area contributed by atoms with Crippen molar-refractivity contribution in [2.75, 3.05) is 16.5 Å². The van der Waals surface area contributed by atoms with Crippen molar-refractivity contribution in [1.29, 1.82) is 0 Å². The van der Waals surface area contributed by atoms with Gasteiger partial charge in [-0.15, -0.1) is 0 Å². The maximum atomic E-state index is 6.82. The van der Waals surface area contributed by atoms with E-state index in [0.717, 1.165) is 50.7 Å². The lowest BCUT2D eigenvalue weighted by molar-refractivity contribution is 0.483. The molecule has 0 fully saturated rings. The third-order valence-electron chi connectivity index (χ3n) is 13.0. The molecule has 0 amide bonds. The van der Waals surface area contributed by atoms with Gasteiger partial charge >= 0.3 is 0 Å². The van der Waals surface area contributed by atoms with Crippen LogP contribution < -0.4 is 14.5 Å². The van der Waals surface area contributed by atoms with Gasteiger partial charge in [-0.05, 0) is 98.7 Å². The Bertz CT molecular complexity index is 3210. The zero-order chi connectivity index (χ0) is 45.3. The number of fused-ring (bicyclic) bond motifs is 4. The van der Waals surface area contributed by atoms with E-state index in [-0.39, 0.29) is 16.2 Å². The van der Waals surface area contributed by atoms with E-state index in [1.807, 2.05) is 6.07 Å². The van der Waals surface area contributed by atoms with Crippen LogP contribution >= 0.6 is 0 Å². The van der Waals surface area contributed by atoms with Crippen molar-refractivity contribution in [2.45, 2.75) is 78.6 Å². The summed E-state index contributed by atoms with van der Waals surface area (Å²) in [5, 5.41) is 2.33. The molecule has 5 nitrogen and oxygen atoms in total. The second-order valence-electron chi connectivity index (χ2n) is 20.6. The first-order valence-electron chi connectivity index (χ1n) is 22.9. The van der Waals surface area contributed by atoms with Gasteiger partial charge in [-0.25, -0.2) is 4.98 Å². The van der Waals surface area contributed by atoms with Gasteiger partial charge in [-0.1, -0.05) is 165 Å². The molecule has 0 radical (unpaired) electrons. The number of anilines is 4. The summed E-state index contributed by atoms with van der Waals surface area (Å²) in [6, 6.07) is 61.3. The van der Waals surface area contributed by atoms with Crippen LogP contribution in [0, 0.1) is 0 Å². The zero-order valence-electron chi connectivity index (χ0n) is 39.1. The van der Waals surface area contributed by atoms with Crippen molar-refractivity contribution in [2.24, 2.45) is 0 Å². The van der Waals surface area contributed by atoms with Gasteiger partial charge in [-0.3, -0.25) is 4.57 Å². The molecular weight excluding hydrogens is 793 g/mol. The average Bonchev–Trinajstić information content (AvgIpc) is 3.84. The van der Waals surface area contributed by atoms with E-state index in [9.17, 15) is 0 Å². The fourth-order valence-corrected chi connectivity index (χ4v) is 9.40. The van der Waals surface area contributed by atoms with Crippen LogP contribution in [0.2, 0.25) is 0 Å². The summed E-state index contributed by atoms with van der Waals surface area (Å²) in [4.78, 5) is 10.1. The Morgan fingerprint density at radius 2 is 1.08 bits per heavy atom. The van der Waals surface area contributed by atoms with Gasteiger partial charge in [0.05, 0.1) is 28.1 Å². The molecule has 0 bridgehead atoms. The van der Waals surface area contributed by atoms with Crippen LogP contribution in [-0.2, 0) is 16.2 Å². The minimum absolute atomic E-state index is 0.00181. The zero-order valence-corrected chi connectivity index (χ0v) is 39.1. The Morgan fingerprint density at radius 1 is 0.446 bits per heavy atom. The van der Waals surface area contributed by atoms with Gasteiger partial charge in [0.1, 0.15) is 24.0 Å². The Balaban J connectivity index is 1.01. The quantitative estimate of drug-likeness (QED) is 0.160. The second-order valence-corrected chi connectivity index (χ2v) is 20.6. The van der Waals surface area contributed by atoms with Crippen molar-refractivity contribution in [3.8, 4) is 39.6 Å². The number of hydrogen-bond acceptors (Lipinski definition) is 4. The highest BCUT2D eigenvalue weighted by atomic mass is 16.5. The first-order chi connectivity index (χ1) is 31.1. The van der Waals surface area contributed by atoms with Crippen LogP contribution in [0.25, 0.3) is 49.9 Å². The molecule has 0 unspecified atom stereocenters. The van der Waals surface area contributed by atoms with Crippen molar-refractivity contribution in [3.05, 3.63) is 193 Å². The molecular formula is C60H58N4O. The van der Waals surface area contributed by atoms with Gasteiger partial charge in [-0.2, -0.15) is 0 Å². The van der Waals surface area contributed by atoms with Gasteiger partial charge in [0.15, 0.2) is 0 Å². The third kappa shape index (κ3) is 7.84. The molecule has 2 aromatic heterocycles. The van der Waals surface area contributed by atoms with E-state index >= 15 is 0 Å². The average molecular weight is 851 g/mol. The predicted molar refractivity (Wildman–Crippen MR) is 274 cm³/mol.